The molecular formula is C20H24ClFN4O. The SMILES string of the molecule is CC.CC(C)=CCNC(=O)N(C(=N)c1ccncc1Cl)c1ccc(F)cc1. The highest BCUT2D eigenvalue weighted by Crippen LogP contribution is 2.21. The van der Waals surface area contributed by atoms with Crippen LogP contribution in [0.2, 0.25) is 5.02 Å². The first kappa shape index (κ1) is 22.3. The Balaban J connectivity index is 0.00000176. The van der Waals surface area contributed by atoms with Crippen LogP contribution < -0.4 is 10.2 Å². The summed E-state index contributed by atoms with van der Waals surface area (Å²) < 4.78 is 13.2. The average Bonchev–Trinajstić information content (AvgIpc) is 2.65. The molecule has 0 spiro atoms. The average molecular weight is 391 g/mol. The molecule has 2 N–H and O–H groups in total. The van der Waals surface area contributed by atoms with Crippen LogP contribution in [0.1, 0.15) is 33.3 Å². The molecule has 0 atom stereocenters. The number of anilines is 1. The molecule has 0 radical (unpaired) electrons. The predicted octanol–water partition coefficient (Wildman–Crippen LogP) is 5.41. The summed E-state index contributed by atoms with van der Waals surface area (Å²) in [6, 6.07) is 6.35. The van der Waals surface area contributed by atoms with Gasteiger partial charge in [0.1, 0.15) is 11.7 Å². The van der Waals surface area contributed by atoms with E-state index in [0.717, 1.165) is 10.5 Å². The summed E-state index contributed by atoms with van der Waals surface area (Å²) in [5, 5.41) is 11.4. The van der Waals surface area contributed by atoms with Crippen LogP contribution in [-0.2, 0) is 0 Å². The van der Waals surface area contributed by atoms with Crippen molar-refractivity contribution in [2.24, 2.45) is 0 Å². The zero-order chi connectivity index (χ0) is 20.4. The third-order valence-corrected chi connectivity index (χ3v) is 3.60. The van der Waals surface area contributed by atoms with Gasteiger partial charge < -0.3 is 5.32 Å². The fraction of sp³-hybridized carbons (Fsp3) is 0.250. The van der Waals surface area contributed by atoms with Gasteiger partial charge in [-0.1, -0.05) is 37.1 Å². The quantitative estimate of drug-likeness (QED) is 0.416. The Morgan fingerprint density at radius 2 is 1.89 bits per heavy atom. The molecule has 2 amide bonds. The lowest BCUT2D eigenvalue weighted by Gasteiger charge is -2.24. The van der Waals surface area contributed by atoms with Crippen LogP contribution in [0.4, 0.5) is 14.9 Å². The maximum absolute atomic E-state index is 13.2. The Kier molecular flexibility index (Phi) is 9.16. The number of hydrogen-bond acceptors (Lipinski definition) is 3. The van der Waals surface area contributed by atoms with Gasteiger partial charge in [-0.05, 0) is 44.2 Å². The maximum Gasteiger partial charge on any atom is 0.327 e. The van der Waals surface area contributed by atoms with E-state index < -0.39 is 11.8 Å². The van der Waals surface area contributed by atoms with Crippen LogP contribution in [0.3, 0.4) is 0 Å². The standard InChI is InChI=1S/C18H18ClFN4O.C2H6/c1-12(2)7-10-23-18(25)24(14-5-3-13(20)4-6-14)17(21)15-8-9-22-11-16(15)19;1-2/h3-9,11,21H,10H2,1-2H3,(H,23,25);1-2H3. The third kappa shape index (κ3) is 6.49. The number of nitrogens with one attached hydrogen (secondary N) is 2. The predicted molar refractivity (Wildman–Crippen MR) is 109 cm³/mol. The number of pyridine rings is 1. The molecule has 1 aromatic carbocycles. The highest BCUT2D eigenvalue weighted by molar-refractivity contribution is 6.36. The maximum atomic E-state index is 13.2. The van der Waals surface area contributed by atoms with E-state index in [2.05, 4.69) is 10.3 Å². The van der Waals surface area contributed by atoms with Gasteiger partial charge in [0.2, 0.25) is 0 Å². The van der Waals surface area contributed by atoms with Crippen LogP contribution in [0.15, 0.2) is 54.4 Å². The molecule has 0 fully saturated rings. The molecule has 0 aliphatic heterocycles. The van der Waals surface area contributed by atoms with Gasteiger partial charge >= 0.3 is 6.03 Å². The summed E-state index contributed by atoms with van der Waals surface area (Å²) >= 11 is 6.10. The van der Waals surface area contributed by atoms with Gasteiger partial charge in [0.05, 0.1) is 10.7 Å². The number of halogens is 2. The van der Waals surface area contributed by atoms with Crippen LogP contribution in [0.25, 0.3) is 0 Å². The van der Waals surface area contributed by atoms with Crippen molar-refractivity contribution in [3.05, 3.63) is 70.8 Å². The number of nitrogens with zero attached hydrogens (tertiary/aromatic N) is 2. The van der Waals surface area contributed by atoms with Crippen molar-refractivity contribution in [2.75, 3.05) is 11.4 Å². The van der Waals surface area contributed by atoms with Crippen LogP contribution in [0, 0.1) is 11.2 Å². The number of urea groups is 1. The molecule has 5 nitrogen and oxygen atoms in total. The second kappa shape index (κ2) is 11.1. The lowest BCUT2D eigenvalue weighted by Crippen LogP contribution is -2.44. The molecule has 2 aromatic rings. The van der Waals surface area contributed by atoms with Gasteiger partial charge in [-0.25, -0.2) is 14.1 Å². The lowest BCUT2D eigenvalue weighted by atomic mass is 10.2. The second-order valence-electron chi connectivity index (χ2n) is 5.48. The molecule has 144 valence electrons. The van der Waals surface area contributed by atoms with Crippen molar-refractivity contribution in [3.63, 3.8) is 0 Å². The molecule has 0 saturated carbocycles. The molecule has 1 aromatic heterocycles. The van der Waals surface area contributed by atoms with Crippen molar-refractivity contribution in [2.45, 2.75) is 27.7 Å². The molecular weight excluding hydrogens is 367 g/mol. The zero-order valence-corrected chi connectivity index (χ0v) is 16.6. The van der Waals surface area contributed by atoms with Crippen molar-refractivity contribution in [3.8, 4) is 0 Å². The van der Waals surface area contributed by atoms with E-state index in [1.165, 1.54) is 36.7 Å². The molecule has 1 heterocycles. The Bertz CT molecular complexity index is 802. The fourth-order valence-electron chi connectivity index (χ4n) is 2.05. The minimum Gasteiger partial charge on any atom is -0.334 e. The Labute approximate surface area is 164 Å². The van der Waals surface area contributed by atoms with Gasteiger partial charge in [-0.15, -0.1) is 0 Å². The fourth-order valence-corrected chi connectivity index (χ4v) is 2.26. The van der Waals surface area contributed by atoms with Crippen molar-refractivity contribution < 1.29 is 9.18 Å². The lowest BCUT2D eigenvalue weighted by molar-refractivity contribution is 0.250. The number of hydrogen-bond donors (Lipinski definition) is 2. The van der Waals surface area contributed by atoms with Crippen molar-refractivity contribution in [1.29, 1.82) is 5.41 Å². The normalized spacial score (nSPS) is 9.56. The molecule has 7 heteroatoms. The van der Waals surface area contributed by atoms with Gasteiger partial charge in [0.15, 0.2) is 0 Å². The molecule has 0 aliphatic rings. The van der Waals surface area contributed by atoms with E-state index in [4.69, 9.17) is 17.0 Å². The molecule has 0 unspecified atom stereocenters. The van der Waals surface area contributed by atoms with Crippen molar-refractivity contribution in [1.82, 2.24) is 10.3 Å². The third-order valence-electron chi connectivity index (χ3n) is 3.30. The van der Waals surface area contributed by atoms with Crippen LogP contribution >= 0.6 is 11.6 Å². The number of carbonyl (C=O) groups is 1. The Hall–Kier alpha value is -2.73. The Morgan fingerprint density at radius 3 is 2.44 bits per heavy atom. The molecule has 0 saturated heterocycles. The number of rotatable bonds is 4. The number of benzene rings is 1. The summed E-state index contributed by atoms with van der Waals surface area (Å²) in [5.74, 6) is -0.559. The molecule has 0 aliphatic carbocycles. The minimum absolute atomic E-state index is 0.131. The van der Waals surface area contributed by atoms with E-state index >= 15 is 0 Å². The highest BCUT2D eigenvalue weighted by Gasteiger charge is 2.23. The number of allylic oxidation sites excluding steroid dienone is 1. The van der Waals surface area contributed by atoms with Gasteiger partial charge in [0.25, 0.3) is 0 Å². The van der Waals surface area contributed by atoms with Gasteiger partial charge in [0, 0.05) is 24.5 Å². The summed E-state index contributed by atoms with van der Waals surface area (Å²) in [4.78, 5) is 17.6. The van der Waals surface area contributed by atoms with Gasteiger partial charge in [-0.3, -0.25) is 10.4 Å². The largest absolute Gasteiger partial charge is 0.334 e. The van der Waals surface area contributed by atoms with E-state index in [0.29, 0.717) is 17.8 Å². The topological polar surface area (TPSA) is 69.1 Å². The van der Waals surface area contributed by atoms with E-state index in [1.807, 2.05) is 33.8 Å². The number of carbonyl (C=O) groups excluding carboxylic acids is 1. The van der Waals surface area contributed by atoms with E-state index in [1.54, 1.807) is 6.07 Å². The minimum atomic E-state index is -0.512. The Morgan fingerprint density at radius 1 is 1.26 bits per heavy atom. The highest BCUT2D eigenvalue weighted by atomic mass is 35.5. The zero-order valence-electron chi connectivity index (χ0n) is 15.9. The van der Waals surface area contributed by atoms with Crippen molar-refractivity contribution >= 4 is 29.2 Å². The first-order valence-electron chi connectivity index (χ1n) is 8.55. The summed E-state index contributed by atoms with van der Waals surface area (Å²) in [6.45, 7) is 8.15. The molecule has 27 heavy (non-hydrogen) atoms. The summed E-state index contributed by atoms with van der Waals surface area (Å²) in [7, 11) is 0. The second-order valence-corrected chi connectivity index (χ2v) is 5.89. The van der Waals surface area contributed by atoms with Crippen LogP contribution in [-0.4, -0.2) is 23.4 Å². The number of aromatic nitrogens is 1. The smallest absolute Gasteiger partial charge is 0.327 e. The number of amidine groups is 1. The summed E-state index contributed by atoms with van der Waals surface area (Å²) in [6.07, 6.45) is 4.73. The summed E-state index contributed by atoms with van der Waals surface area (Å²) in [5.41, 5.74) is 1.76. The van der Waals surface area contributed by atoms with E-state index in [9.17, 15) is 9.18 Å². The van der Waals surface area contributed by atoms with Crippen LogP contribution in [0.5, 0.6) is 0 Å². The van der Waals surface area contributed by atoms with Gasteiger partial charge in [-0.2, -0.15) is 0 Å². The molecule has 2 rings (SSSR count). The monoisotopic (exact) mass is 390 g/mol. The molecule has 0 bridgehead atoms. The first-order chi connectivity index (χ1) is 12.9. The first-order valence-corrected chi connectivity index (χ1v) is 8.93. The number of amides is 2. The van der Waals surface area contributed by atoms with E-state index in [-0.39, 0.29) is 10.9 Å².